The van der Waals surface area contributed by atoms with Crippen molar-refractivity contribution in [2.75, 3.05) is 11.4 Å². The van der Waals surface area contributed by atoms with E-state index >= 15 is 0 Å². The first-order chi connectivity index (χ1) is 17.4. The molecule has 0 aliphatic rings. The van der Waals surface area contributed by atoms with Crippen LogP contribution in [0.4, 0.5) is 5.69 Å². The van der Waals surface area contributed by atoms with Crippen LogP contribution in [0.25, 0.3) is 21.9 Å². The third-order valence-electron chi connectivity index (χ3n) is 6.02. The molecule has 0 saturated carbocycles. The van der Waals surface area contributed by atoms with E-state index in [1.807, 2.05) is 48.5 Å². The molecule has 0 amide bonds. The van der Waals surface area contributed by atoms with Gasteiger partial charge in [0, 0.05) is 17.0 Å². The number of carbonyl (C=O) groups excluding carboxylic acids is 1. The molecule has 186 valence electrons. The lowest BCUT2D eigenvalue weighted by Crippen LogP contribution is -2.46. The molecule has 0 saturated heterocycles. The van der Waals surface area contributed by atoms with Crippen molar-refractivity contribution in [1.82, 2.24) is 0 Å². The maximum Gasteiger partial charge on any atom is 0.329 e. The fourth-order valence-electron chi connectivity index (χ4n) is 4.14. The number of hydrogen-bond donors (Lipinski definition) is 0. The number of ether oxygens (including phenoxy) is 2. The monoisotopic (exact) mass is 502 g/mol. The summed E-state index contributed by atoms with van der Waals surface area (Å²) in [5.74, 6) is -0.107. The Labute approximate surface area is 213 Å². The number of esters is 1. The van der Waals surface area contributed by atoms with Gasteiger partial charge in [0.05, 0.1) is 7.11 Å². The summed E-state index contributed by atoms with van der Waals surface area (Å²) in [4.78, 5) is 12.2. The Hall–Kier alpha value is -3.68. The zero-order valence-electron chi connectivity index (χ0n) is 20.4. The number of fused-ring (bicyclic) bond motifs is 1. The molecular formula is C29H28NO5S-. The van der Waals surface area contributed by atoms with Crippen LogP contribution in [0.5, 0.6) is 5.75 Å². The summed E-state index contributed by atoms with van der Waals surface area (Å²) in [5, 5.41) is 2.38. The summed E-state index contributed by atoms with van der Waals surface area (Å²) >= 11 is -2.64. The predicted molar refractivity (Wildman–Crippen MR) is 142 cm³/mol. The summed E-state index contributed by atoms with van der Waals surface area (Å²) in [5.41, 5.74) is 3.37. The molecule has 36 heavy (non-hydrogen) atoms. The van der Waals surface area contributed by atoms with Gasteiger partial charge in [0.25, 0.3) is 0 Å². The van der Waals surface area contributed by atoms with Crippen molar-refractivity contribution < 1.29 is 23.0 Å². The number of benzene rings is 4. The highest BCUT2D eigenvalue weighted by atomic mass is 32.2. The van der Waals surface area contributed by atoms with Crippen LogP contribution in [0.15, 0.2) is 91.0 Å². The van der Waals surface area contributed by atoms with Gasteiger partial charge in [0.1, 0.15) is 18.4 Å². The highest BCUT2D eigenvalue weighted by molar-refractivity contribution is 7.80. The summed E-state index contributed by atoms with van der Waals surface area (Å²) in [6.07, 6.45) is 0. The third-order valence-corrected chi connectivity index (χ3v) is 6.78. The largest absolute Gasteiger partial charge is 0.755 e. The van der Waals surface area contributed by atoms with E-state index in [1.165, 1.54) is 17.9 Å². The van der Waals surface area contributed by atoms with Crippen molar-refractivity contribution in [3.05, 3.63) is 96.6 Å². The van der Waals surface area contributed by atoms with Gasteiger partial charge in [-0.25, -0.2) is 4.79 Å². The molecule has 0 fully saturated rings. The molecule has 0 aromatic heterocycles. The van der Waals surface area contributed by atoms with Gasteiger partial charge in [-0.05, 0) is 63.7 Å². The summed E-state index contributed by atoms with van der Waals surface area (Å²) in [6.45, 7) is 4.02. The lowest BCUT2D eigenvalue weighted by molar-refractivity contribution is -0.142. The number of rotatable bonds is 9. The number of hydrogen-bond acceptors (Lipinski definition) is 5. The molecule has 0 heterocycles. The number of methoxy groups -OCH3 is 1. The van der Waals surface area contributed by atoms with Gasteiger partial charge >= 0.3 is 5.97 Å². The Morgan fingerprint density at radius 1 is 0.889 bits per heavy atom. The second-order valence-corrected chi connectivity index (χ2v) is 9.62. The smallest absolute Gasteiger partial charge is 0.329 e. The van der Waals surface area contributed by atoms with Gasteiger partial charge in [0.15, 0.2) is 0 Å². The molecule has 0 aliphatic heterocycles. The van der Waals surface area contributed by atoms with E-state index in [9.17, 15) is 13.6 Å². The van der Waals surface area contributed by atoms with E-state index in [4.69, 9.17) is 9.47 Å². The Balaban J connectivity index is 1.46. The molecule has 4 aromatic carbocycles. The van der Waals surface area contributed by atoms with Gasteiger partial charge in [-0.3, -0.25) is 8.51 Å². The topological polar surface area (TPSA) is 78.9 Å². The molecule has 0 spiro atoms. The maximum absolute atomic E-state index is 12.2. The second kappa shape index (κ2) is 11.4. The van der Waals surface area contributed by atoms with Crippen LogP contribution >= 0.6 is 0 Å². The van der Waals surface area contributed by atoms with Crippen LogP contribution in [0.2, 0.25) is 0 Å². The van der Waals surface area contributed by atoms with Crippen LogP contribution < -0.4 is 9.04 Å². The van der Waals surface area contributed by atoms with E-state index < -0.39 is 23.3 Å². The van der Waals surface area contributed by atoms with Crippen LogP contribution in [0.3, 0.4) is 0 Å². The first-order valence-electron chi connectivity index (χ1n) is 11.6. The van der Waals surface area contributed by atoms with Crippen molar-refractivity contribution in [2.24, 2.45) is 5.92 Å². The Morgan fingerprint density at radius 2 is 1.50 bits per heavy atom. The first-order valence-corrected chi connectivity index (χ1v) is 12.7. The quantitative estimate of drug-likeness (QED) is 0.211. The van der Waals surface area contributed by atoms with E-state index in [0.717, 1.165) is 26.7 Å². The molecule has 0 bridgehead atoms. The molecule has 4 aromatic rings. The molecule has 4 rings (SSSR count). The average Bonchev–Trinajstić information content (AvgIpc) is 2.90. The number of carbonyl (C=O) groups is 1. The first kappa shape index (κ1) is 25.4. The van der Waals surface area contributed by atoms with Crippen molar-refractivity contribution in [3.8, 4) is 16.9 Å². The van der Waals surface area contributed by atoms with Crippen molar-refractivity contribution >= 4 is 33.7 Å². The standard InChI is InChI=1S/C29H29NO5S/c1-20(2)28(29(31)34-3)30(36(32)33)26-14-10-23(11-15-26)24-12-16-27(17-13-24)35-19-21-8-9-22-6-4-5-7-25(22)18-21/h4-18,20,28H,19H2,1-3H3,(H,32,33)/p-1. The number of nitrogens with zero attached hydrogens (tertiary/aromatic N) is 1. The molecule has 0 radical (unpaired) electrons. The molecular weight excluding hydrogens is 474 g/mol. The van der Waals surface area contributed by atoms with Crippen molar-refractivity contribution in [2.45, 2.75) is 26.5 Å². The van der Waals surface area contributed by atoms with E-state index in [-0.39, 0.29) is 5.92 Å². The highest BCUT2D eigenvalue weighted by Gasteiger charge is 2.31. The molecule has 7 heteroatoms. The summed E-state index contributed by atoms with van der Waals surface area (Å²) < 4.78 is 35.8. The molecule has 2 atom stereocenters. The van der Waals surface area contributed by atoms with Crippen LogP contribution in [0, 0.1) is 5.92 Å². The van der Waals surface area contributed by atoms with Crippen LogP contribution in [0.1, 0.15) is 19.4 Å². The molecule has 6 nitrogen and oxygen atoms in total. The minimum atomic E-state index is -2.64. The van der Waals surface area contributed by atoms with Gasteiger partial charge in [-0.2, -0.15) is 0 Å². The average molecular weight is 503 g/mol. The minimum Gasteiger partial charge on any atom is -0.755 e. The van der Waals surface area contributed by atoms with Crippen molar-refractivity contribution in [1.29, 1.82) is 0 Å². The van der Waals surface area contributed by atoms with E-state index in [1.54, 1.807) is 26.0 Å². The summed E-state index contributed by atoms with van der Waals surface area (Å²) in [7, 11) is 1.25. The van der Waals surface area contributed by atoms with Crippen LogP contribution in [-0.4, -0.2) is 27.9 Å². The van der Waals surface area contributed by atoms with Gasteiger partial charge < -0.3 is 14.0 Å². The highest BCUT2D eigenvalue weighted by Crippen LogP contribution is 2.28. The Kier molecular flexibility index (Phi) is 8.03. The minimum absolute atomic E-state index is 0.267. The molecule has 0 aliphatic carbocycles. The fraction of sp³-hybridized carbons (Fsp3) is 0.207. The maximum atomic E-state index is 12.2. The molecule has 0 N–H and O–H groups in total. The van der Waals surface area contributed by atoms with Crippen LogP contribution in [-0.2, 0) is 27.4 Å². The second-order valence-electron chi connectivity index (χ2n) is 8.80. The number of anilines is 1. The van der Waals surface area contributed by atoms with Crippen molar-refractivity contribution in [3.63, 3.8) is 0 Å². The van der Waals surface area contributed by atoms with Gasteiger partial charge in [-0.1, -0.05) is 74.5 Å². The SMILES string of the molecule is COC(=O)C(C(C)C)N(c1ccc(-c2ccc(OCc3ccc4ccccc4c3)cc2)cc1)S(=O)[O-]. The zero-order chi connectivity index (χ0) is 25.7. The predicted octanol–water partition coefficient (Wildman–Crippen LogP) is 5.88. The Bertz CT molecular complexity index is 1350. The van der Waals surface area contributed by atoms with E-state index in [2.05, 4.69) is 30.3 Å². The third kappa shape index (κ3) is 5.75. The van der Waals surface area contributed by atoms with Gasteiger partial charge in [-0.15, -0.1) is 0 Å². The van der Waals surface area contributed by atoms with Gasteiger partial charge in [0.2, 0.25) is 0 Å². The zero-order valence-corrected chi connectivity index (χ0v) is 21.2. The normalized spacial score (nSPS) is 12.8. The lowest BCUT2D eigenvalue weighted by atomic mass is 10.0. The lowest BCUT2D eigenvalue weighted by Gasteiger charge is -2.35. The van der Waals surface area contributed by atoms with E-state index in [0.29, 0.717) is 12.3 Å². The Morgan fingerprint density at radius 3 is 2.08 bits per heavy atom. The summed E-state index contributed by atoms with van der Waals surface area (Å²) in [6, 6.07) is 28.4. The molecule has 2 unspecified atom stereocenters. The fourth-order valence-corrected chi connectivity index (χ4v) is 4.95.